The van der Waals surface area contributed by atoms with Gasteiger partial charge in [0.2, 0.25) is 0 Å². The van der Waals surface area contributed by atoms with Gasteiger partial charge in [-0.25, -0.2) is 4.79 Å². The van der Waals surface area contributed by atoms with Gasteiger partial charge in [-0.05, 0) is 92.5 Å². The number of hydrogen-bond acceptors (Lipinski definition) is 7. The number of anilines is 1. The van der Waals surface area contributed by atoms with Gasteiger partial charge >= 0.3 is 18.2 Å². The summed E-state index contributed by atoms with van der Waals surface area (Å²) in [5.74, 6) is -0.283. The number of nitrogens with zero attached hydrogens (tertiary/aromatic N) is 4. The van der Waals surface area contributed by atoms with E-state index in [2.05, 4.69) is 21.6 Å². The molecule has 1 aromatic rings. The molecule has 3 heterocycles. The van der Waals surface area contributed by atoms with Crippen LogP contribution >= 0.6 is 0 Å². The van der Waals surface area contributed by atoms with Crippen LogP contribution in [0.3, 0.4) is 0 Å². The van der Waals surface area contributed by atoms with E-state index in [1.165, 1.54) is 12.1 Å². The molecule has 1 amide bonds. The number of amides is 1. The van der Waals surface area contributed by atoms with Crippen molar-refractivity contribution >= 4 is 17.7 Å². The summed E-state index contributed by atoms with van der Waals surface area (Å²) in [6.45, 7) is 16.1. The van der Waals surface area contributed by atoms with Gasteiger partial charge in [0.1, 0.15) is 11.2 Å². The summed E-state index contributed by atoms with van der Waals surface area (Å²) in [5.41, 5.74) is -0.566. The molecule has 0 spiro atoms. The van der Waals surface area contributed by atoms with Crippen LogP contribution in [0.5, 0.6) is 0 Å². The fourth-order valence-electron chi connectivity index (χ4n) is 6.24. The molecule has 4 rings (SSSR count). The average molecular weight is 597 g/mol. The first-order chi connectivity index (χ1) is 19.2. The maximum absolute atomic E-state index is 13.8. The Kier molecular flexibility index (Phi) is 8.88. The summed E-state index contributed by atoms with van der Waals surface area (Å²) in [5, 5.41) is 0. The highest BCUT2D eigenvalue weighted by Gasteiger charge is 2.45. The quantitative estimate of drug-likeness (QED) is 0.400. The van der Waals surface area contributed by atoms with Crippen LogP contribution in [0.1, 0.15) is 78.9 Å². The molecule has 3 aliphatic rings. The minimum absolute atomic E-state index is 0.0256. The molecular formula is C31H47F3N4O4. The molecule has 1 aromatic carbocycles. The number of rotatable bonds is 6. The molecule has 0 aliphatic carbocycles. The Labute approximate surface area is 248 Å². The highest BCUT2D eigenvalue weighted by molar-refractivity contribution is 5.72. The highest BCUT2D eigenvalue weighted by Crippen LogP contribution is 2.41. The predicted molar refractivity (Wildman–Crippen MR) is 155 cm³/mol. The number of piperidine rings is 1. The Morgan fingerprint density at radius 2 is 1.60 bits per heavy atom. The molecule has 2 unspecified atom stereocenters. The van der Waals surface area contributed by atoms with E-state index in [0.717, 1.165) is 24.8 Å². The molecule has 42 heavy (non-hydrogen) atoms. The third-order valence-electron chi connectivity index (χ3n) is 8.65. The van der Waals surface area contributed by atoms with E-state index in [9.17, 15) is 22.8 Å². The standard InChI is InChI=1S/C31H47F3N4O4/c1-28(2,3)41-26(39)20-37-18-24-16-23(37)19-38(24)25-15-22(31(32,33)34)10-9-21(25)17-35(8)30(7)11-13-36(14-12-30)27(40)42-29(4,5)6/h9-10,15,23-24H,11-14,16-20H2,1-8H3. The van der Waals surface area contributed by atoms with E-state index >= 15 is 0 Å². The monoisotopic (exact) mass is 596 g/mol. The van der Waals surface area contributed by atoms with Crippen molar-refractivity contribution in [3.8, 4) is 0 Å². The molecule has 8 nitrogen and oxygen atoms in total. The summed E-state index contributed by atoms with van der Waals surface area (Å²) in [6, 6.07) is 4.17. The fraction of sp³-hybridized carbons (Fsp3) is 0.742. The van der Waals surface area contributed by atoms with Crippen molar-refractivity contribution in [2.45, 2.75) is 109 Å². The van der Waals surface area contributed by atoms with Crippen LogP contribution in [-0.2, 0) is 27.0 Å². The highest BCUT2D eigenvalue weighted by atomic mass is 19.4. The SMILES string of the molecule is CN(Cc1ccc(C(F)(F)F)cc1N1CC2CC1CN2CC(=O)OC(C)(C)C)C1(C)CCN(C(=O)OC(C)(C)C)CC1. The number of piperazine rings is 1. The maximum Gasteiger partial charge on any atom is 0.416 e. The van der Waals surface area contributed by atoms with Gasteiger partial charge in [-0.2, -0.15) is 13.2 Å². The Bertz CT molecular complexity index is 1150. The zero-order valence-corrected chi connectivity index (χ0v) is 26.3. The zero-order valence-electron chi connectivity index (χ0n) is 26.3. The molecule has 0 radical (unpaired) electrons. The molecule has 0 N–H and O–H groups in total. The van der Waals surface area contributed by atoms with E-state index in [-0.39, 0.29) is 36.2 Å². The lowest BCUT2D eigenvalue weighted by Gasteiger charge is -2.45. The first-order valence-corrected chi connectivity index (χ1v) is 14.9. The van der Waals surface area contributed by atoms with E-state index in [1.807, 2.05) is 48.6 Å². The molecule has 0 saturated carbocycles. The van der Waals surface area contributed by atoms with Crippen LogP contribution < -0.4 is 4.90 Å². The predicted octanol–water partition coefficient (Wildman–Crippen LogP) is 5.53. The van der Waals surface area contributed by atoms with Crippen molar-refractivity contribution < 1.29 is 32.2 Å². The van der Waals surface area contributed by atoms with Crippen molar-refractivity contribution in [2.75, 3.05) is 44.7 Å². The van der Waals surface area contributed by atoms with E-state index in [0.29, 0.717) is 38.4 Å². The molecular weight excluding hydrogens is 549 g/mol. The molecule has 2 atom stereocenters. The number of halogens is 3. The number of ether oxygens (including phenoxy) is 2. The average Bonchev–Trinajstić information content (AvgIpc) is 3.42. The number of carbonyl (C=O) groups is 2. The maximum atomic E-state index is 13.8. The van der Waals surface area contributed by atoms with Crippen LogP contribution in [0.25, 0.3) is 0 Å². The second-order valence-corrected chi connectivity index (χ2v) is 14.4. The lowest BCUT2D eigenvalue weighted by atomic mass is 9.87. The fourth-order valence-corrected chi connectivity index (χ4v) is 6.24. The van der Waals surface area contributed by atoms with Gasteiger partial charge in [0.25, 0.3) is 0 Å². The van der Waals surface area contributed by atoms with Gasteiger partial charge in [-0.1, -0.05) is 6.07 Å². The number of fused-ring (bicyclic) bond motifs is 2. The van der Waals surface area contributed by atoms with Crippen LogP contribution in [0.15, 0.2) is 18.2 Å². The first-order valence-electron chi connectivity index (χ1n) is 14.9. The smallest absolute Gasteiger partial charge is 0.416 e. The van der Waals surface area contributed by atoms with Gasteiger partial charge < -0.3 is 19.3 Å². The largest absolute Gasteiger partial charge is 0.459 e. The molecule has 3 saturated heterocycles. The summed E-state index contributed by atoms with van der Waals surface area (Å²) in [7, 11) is 2.00. The Balaban J connectivity index is 1.47. The summed E-state index contributed by atoms with van der Waals surface area (Å²) in [6.07, 6.45) is -2.50. The number of likely N-dealkylation sites (tertiary alicyclic amines) is 2. The third-order valence-corrected chi connectivity index (χ3v) is 8.65. The van der Waals surface area contributed by atoms with Crippen LogP contribution in [0, 0.1) is 0 Å². The van der Waals surface area contributed by atoms with E-state index in [1.54, 1.807) is 11.0 Å². The number of carbonyl (C=O) groups excluding carboxylic acids is 2. The lowest BCUT2D eigenvalue weighted by molar-refractivity contribution is -0.156. The van der Waals surface area contributed by atoms with Crippen molar-refractivity contribution in [1.82, 2.24) is 14.7 Å². The van der Waals surface area contributed by atoms with Crippen LogP contribution in [0.4, 0.5) is 23.7 Å². The number of hydrogen-bond donors (Lipinski definition) is 0. The summed E-state index contributed by atoms with van der Waals surface area (Å²) >= 11 is 0. The Morgan fingerprint density at radius 3 is 2.12 bits per heavy atom. The van der Waals surface area contributed by atoms with Gasteiger partial charge in [-0.3, -0.25) is 14.6 Å². The van der Waals surface area contributed by atoms with Crippen LogP contribution in [-0.4, -0.2) is 95.4 Å². The van der Waals surface area contributed by atoms with Crippen molar-refractivity contribution in [2.24, 2.45) is 0 Å². The topological polar surface area (TPSA) is 65.6 Å². The molecule has 3 aliphatic heterocycles. The van der Waals surface area contributed by atoms with Crippen molar-refractivity contribution in [1.29, 1.82) is 0 Å². The van der Waals surface area contributed by atoms with E-state index < -0.39 is 22.9 Å². The lowest BCUT2D eigenvalue weighted by Crippen LogP contribution is -2.53. The minimum atomic E-state index is -4.44. The van der Waals surface area contributed by atoms with Gasteiger partial charge in [-0.15, -0.1) is 0 Å². The molecule has 236 valence electrons. The normalized spacial score (nSPS) is 23.0. The first kappa shape index (κ1) is 32.4. The zero-order chi connectivity index (χ0) is 31.3. The minimum Gasteiger partial charge on any atom is -0.459 e. The molecule has 2 bridgehead atoms. The van der Waals surface area contributed by atoms with E-state index in [4.69, 9.17) is 9.47 Å². The van der Waals surface area contributed by atoms with Crippen molar-refractivity contribution in [3.63, 3.8) is 0 Å². The molecule has 0 aromatic heterocycles. The van der Waals surface area contributed by atoms with Gasteiger partial charge in [0.15, 0.2) is 0 Å². The number of esters is 1. The third kappa shape index (κ3) is 7.70. The summed E-state index contributed by atoms with van der Waals surface area (Å²) in [4.78, 5) is 33.1. The van der Waals surface area contributed by atoms with Gasteiger partial charge in [0, 0.05) is 56.0 Å². The van der Waals surface area contributed by atoms with Gasteiger partial charge in [0.05, 0.1) is 12.1 Å². The molecule has 11 heteroatoms. The van der Waals surface area contributed by atoms with Crippen molar-refractivity contribution in [3.05, 3.63) is 29.3 Å². The number of benzene rings is 1. The number of alkyl halides is 3. The van der Waals surface area contributed by atoms with Crippen LogP contribution in [0.2, 0.25) is 0 Å². The Hall–Kier alpha value is -2.53. The second-order valence-electron chi connectivity index (χ2n) is 14.4. The second kappa shape index (κ2) is 11.5. The molecule has 3 fully saturated rings. The summed E-state index contributed by atoms with van der Waals surface area (Å²) < 4.78 is 52.4. The Morgan fingerprint density at radius 1 is 0.976 bits per heavy atom.